The van der Waals surface area contributed by atoms with Gasteiger partial charge < -0.3 is 10.2 Å². The van der Waals surface area contributed by atoms with Gasteiger partial charge in [0.15, 0.2) is 5.13 Å². The summed E-state index contributed by atoms with van der Waals surface area (Å²) in [7, 11) is 4.41. The van der Waals surface area contributed by atoms with Crippen LogP contribution in [0.25, 0.3) is 10.2 Å². The van der Waals surface area contributed by atoms with Gasteiger partial charge in [0.25, 0.3) is 0 Å². The lowest BCUT2D eigenvalue weighted by Gasteiger charge is -2.36. The fraction of sp³-hybridized carbons (Fsp3) is 0.562. The molecular formula is C16H23N3S. The van der Waals surface area contributed by atoms with Crippen LogP contribution in [0.2, 0.25) is 0 Å². The van der Waals surface area contributed by atoms with Crippen LogP contribution in [0.1, 0.15) is 31.2 Å². The highest BCUT2D eigenvalue weighted by Crippen LogP contribution is 2.35. The van der Waals surface area contributed by atoms with E-state index in [0.29, 0.717) is 5.54 Å². The second kappa shape index (κ2) is 5.34. The van der Waals surface area contributed by atoms with E-state index in [-0.39, 0.29) is 0 Å². The highest BCUT2D eigenvalue weighted by Gasteiger charge is 2.35. The highest BCUT2D eigenvalue weighted by molar-refractivity contribution is 7.22. The van der Waals surface area contributed by atoms with Gasteiger partial charge in [-0.3, -0.25) is 0 Å². The number of thiazole rings is 1. The van der Waals surface area contributed by atoms with E-state index < -0.39 is 0 Å². The summed E-state index contributed by atoms with van der Waals surface area (Å²) in [6.45, 7) is 3.13. The quantitative estimate of drug-likeness (QED) is 0.925. The first-order chi connectivity index (χ1) is 9.61. The molecule has 1 aromatic carbocycles. The molecule has 0 radical (unpaired) electrons. The van der Waals surface area contributed by atoms with E-state index >= 15 is 0 Å². The van der Waals surface area contributed by atoms with Crippen molar-refractivity contribution in [3.05, 3.63) is 23.8 Å². The molecule has 0 amide bonds. The van der Waals surface area contributed by atoms with Crippen molar-refractivity contribution >= 4 is 26.7 Å². The summed E-state index contributed by atoms with van der Waals surface area (Å²) in [6, 6.07) is 6.39. The molecule has 1 saturated carbocycles. The number of nitrogens with zero attached hydrogens (tertiary/aromatic N) is 2. The third kappa shape index (κ3) is 2.42. The molecule has 0 unspecified atom stereocenters. The lowest BCUT2D eigenvalue weighted by Crippen LogP contribution is -2.47. The van der Waals surface area contributed by atoms with Crippen LogP contribution in [0.15, 0.2) is 18.2 Å². The second-order valence-electron chi connectivity index (χ2n) is 6.12. The van der Waals surface area contributed by atoms with Gasteiger partial charge in [0.1, 0.15) is 0 Å². The number of para-hydroxylation sites is 1. The first kappa shape index (κ1) is 13.8. The Hall–Kier alpha value is -1.13. The van der Waals surface area contributed by atoms with Crippen LogP contribution < -0.4 is 5.32 Å². The number of rotatable bonds is 4. The first-order valence-corrected chi connectivity index (χ1v) is 8.20. The third-order valence-corrected chi connectivity index (χ3v) is 5.65. The Morgan fingerprint density at radius 3 is 2.70 bits per heavy atom. The fourth-order valence-corrected chi connectivity index (χ4v) is 4.16. The molecule has 108 valence electrons. The molecule has 0 bridgehead atoms. The average Bonchev–Trinajstić information content (AvgIpc) is 3.04. The number of fused-ring (bicyclic) bond motifs is 1. The van der Waals surface area contributed by atoms with Crippen LogP contribution in [0.3, 0.4) is 0 Å². The lowest BCUT2D eigenvalue weighted by molar-refractivity contribution is 0.172. The summed E-state index contributed by atoms with van der Waals surface area (Å²) >= 11 is 1.76. The van der Waals surface area contributed by atoms with Crippen LogP contribution in [-0.4, -0.2) is 36.1 Å². The Bertz CT molecular complexity index is 597. The number of aryl methyl sites for hydroxylation is 1. The molecule has 20 heavy (non-hydrogen) atoms. The molecule has 4 heteroatoms. The number of nitrogens with one attached hydrogen (secondary N) is 1. The SMILES string of the molecule is Cc1cccc2sc(NCC3(N(C)C)CCCC3)nc12. The van der Waals surface area contributed by atoms with E-state index in [2.05, 4.69) is 49.4 Å². The summed E-state index contributed by atoms with van der Waals surface area (Å²) < 4.78 is 1.28. The molecule has 0 atom stereocenters. The maximum atomic E-state index is 4.75. The number of hydrogen-bond donors (Lipinski definition) is 1. The van der Waals surface area contributed by atoms with Crippen molar-refractivity contribution in [3.8, 4) is 0 Å². The van der Waals surface area contributed by atoms with Crippen LogP contribution in [0.5, 0.6) is 0 Å². The molecule has 1 aromatic heterocycles. The van der Waals surface area contributed by atoms with Crippen molar-refractivity contribution in [1.82, 2.24) is 9.88 Å². The minimum absolute atomic E-state index is 0.312. The van der Waals surface area contributed by atoms with Gasteiger partial charge in [0.2, 0.25) is 0 Å². The van der Waals surface area contributed by atoms with E-state index in [1.165, 1.54) is 35.9 Å². The number of benzene rings is 1. The third-order valence-electron chi connectivity index (χ3n) is 4.67. The molecule has 2 aromatic rings. The lowest BCUT2D eigenvalue weighted by atomic mass is 9.96. The summed E-state index contributed by atoms with van der Waals surface area (Å²) in [6.07, 6.45) is 5.27. The smallest absolute Gasteiger partial charge is 0.183 e. The Morgan fingerprint density at radius 2 is 2.05 bits per heavy atom. The molecular weight excluding hydrogens is 266 g/mol. The second-order valence-corrected chi connectivity index (χ2v) is 7.15. The van der Waals surface area contributed by atoms with Gasteiger partial charge in [0, 0.05) is 12.1 Å². The minimum Gasteiger partial charge on any atom is -0.360 e. The Kier molecular flexibility index (Phi) is 3.69. The van der Waals surface area contributed by atoms with Crippen LogP contribution in [-0.2, 0) is 0 Å². The number of likely N-dealkylation sites (N-methyl/N-ethyl adjacent to an activating group) is 1. The molecule has 0 spiro atoms. The monoisotopic (exact) mass is 289 g/mol. The predicted molar refractivity (Wildman–Crippen MR) is 87.7 cm³/mol. The van der Waals surface area contributed by atoms with E-state index in [1.54, 1.807) is 11.3 Å². The van der Waals surface area contributed by atoms with Crippen molar-refractivity contribution in [1.29, 1.82) is 0 Å². The van der Waals surface area contributed by atoms with Crippen molar-refractivity contribution in [2.75, 3.05) is 26.0 Å². The zero-order chi connectivity index (χ0) is 14.2. The topological polar surface area (TPSA) is 28.2 Å². The van der Waals surface area contributed by atoms with Crippen molar-refractivity contribution < 1.29 is 0 Å². The zero-order valence-electron chi connectivity index (χ0n) is 12.6. The largest absolute Gasteiger partial charge is 0.360 e. The molecule has 1 aliphatic rings. The van der Waals surface area contributed by atoms with Crippen molar-refractivity contribution in [3.63, 3.8) is 0 Å². The van der Waals surface area contributed by atoms with E-state index in [4.69, 9.17) is 4.98 Å². The van der Waals surface area contributed by atoms with Crippen LogP contribution in [0.4, 0.5) is 5.13 Å². The summed E-state index contributed by atoms with van der Waals surface area (Å²) in [5.41, 5.74) is 2.72. The van der Waals surface area contributed by atoms with Gasteiger partial charge in [-0.1, -0.05) is 36.3 Å². The highest BCUT2D eigenvalue weighted by atomic mass is 32.1. The van der Waals surface area contributed by atoms with Gasteiger partial charge in [-0.2, -0.15) is 0 Å². The molecule has 0 aliphatic heterocycles. The molecule has 0 saturated heterocycles. The molecule has 3 nitrogen and oxygen atoms in total. The molecule has 1 heterocycles. The Labute approximate surface area is 125 Å². The van der Waals surface area contributed by atoms with Gasteiger partial charge in [-0.25, -0.2) is 4.98 Å². The van der Waals surface area contributed by atoms with E-state index in [1.807, 2.05) is 0 Å². The molecule has 1 aliphatic carbocycles. The minimum atomic E-state index is 0.312. The molecule has 1 N–H and O–H groups in total. The predicted octanol–water partition coefficient (Wildman–Crippen LogP) is 3.89. The summed E-state index contributed by atoms with van der Waals surface area (Å²) in [5, 5.41) is 4.65. The van der Waals surface area contributed by atoms with E-state index in [9.17, 15) is 0 Å². The van der Waals surface area contributed by atoms with Gasteiger partial charge >= 0.3 is 0 Å². The Morgan fingerprint density at radius 1 is 1.30 bits per heavy atom. The fourth-order valence-electron chi connectivity index (χ4n) is 3.22. The maximum Gasteiger partial charge on any atom is 0.183 e. The standard InChI is InChI=1S/C16H23N3S/c1-12-7-6-8-13-14(12)18-15(20-13)17-11-16(19(2)3)9-4-5-10-16/h6-8H,4-5,9-11H2,1-3H3,(H,17,18). The summed E-state index contributed by atoms with van der Waals surface area (Å²) in [5.74, 6) is 0. The van der Waals surface area contributed by atoms with Gasteiger partial charge in [-0.15, -0.1) is 0 Å². The van der Waals surface area contributed by atoms with Crippen LogP contribution in [0, 0.1) is 6.92 Å². The number of anilines is 1. The van der Waals surface area contributed by atoms with E-state index in [0.717, 1.165) is 17.2 Å². The number of aromatic nitrogens is 1. The van der Waals surface area contributed by atoms with Crippen molar-refractivity contribution in [2.24, 2.45) is 0 Å². The van der Waals surface area contributed by atoms with Gasteiger partial charge in [-0.05, 0) is 45.5 Å². The normalized spacial score (nSPS) is 18.0. The molecule has 1 fully saturated rings. The summed E-state index contributed by atoms with van der Waals surface area (Å²) in [4.78, 5) is 7.15. The maximum absolute atomic E-state index is 4.75. The first-order valence-electron chi connectivity index (χ1n) is 7.38. The van der Waals surface area contributed by atoms with Gasteiger partial charge in [0.05, 0.1) is 10.2 Å². The van der Waals surface area contributed by atoms with Crippen molar-refractivity contribution in [2.45, 2.75) is 38.1 Å². The average molecular weight is 289 g/mol. The van der Waals surface area contributed by atoms with Crippen LogP contribution >= 0.6 is 11.3 Å². The Balaban J connectivity index is 1.78. The molecule has 3 rings (SSSR count). The zero-order valence-corrected chi connectivity index (χ0v) is 13.4. The number of hydrogen-bond acceptors (Lipinski definition) is 4.